The van der Waals surface area contributed by atoms with Crippen molar-refractivity contribution in [3.63, 3.8) is 0 Å². The first-order chi connectivity index (χ1) is 10.2. The van der Waals surface area contributed by atoms with E-state index < -0.39 is 5.97 Å². The van der Waals surface area contributed by atoms with E-state index in [1.165, 1.54) is 11.3 Å². The van der Waals surface area contributed by atoms with Gasteiger partial charge in [-0.15, -0.1) is 11.3 Å². The summed E-state index contributed by atoms with van der Waals surface area (Å²) in [5.74, 6) is -0.555. The van der Waals surface area contributed by atoms with Crippen molar-refractivity contribution in [2.24, 2.45) is 0 Å². The molecule has 0 fully saturated rings. The molecule has 5 heteroatoms. The van der Waals surface area contributed by atoms with Crippen LogP contribution in [0.1, 0.15) is 24.2 Å². The number of aryl methyl sites for hydroxylation is 1. The summed E-state index contributed by atoms with van der Waals surface area (Å²) in [6.45, 7) is 4.65. The molecule has 0 unspecified atom stereocenters. The van der Waals surface area contributed by atoms with Gasteiger partial charge in [-0.3, -0.25) is 4.79 Å². The fourth-order valence-corrected chi connectivity index (χ4v) is 3.45. The first-order valence-corrected chi connectivity index (χ1v) is 7.75. The molecule has 0 aliphatic rings. The Balaban J connectivity index is 2.44. The van der Waals surface area contributed by atoms with Crippen molar-refractivity contribution in [3.8, 4) is 0 Å². The van der Waals surface area contributed by atoms with Gasteiger partial charge in [-0.1, -0.05) is 6.07 Å². The molecule has 4 nitrogen and oxygen atoms in total. The normalized spacial score (nSPS) is 11.1. The Morgan fingerprint density at radius 1 is 1.29 bits per heavy atom. The van der Waals surface area contributed by atoms with Crippen LogP contribution in [0.2, 0.25) is 0 Å². The van der Waals surface area contributed by atoms with E-state index in [1.807, 2.05) is 35.1 Å². The third-order valence-electron chi connectivity index (χ3n) is 3.50. The predicted octanol–water partition coefficient (Wildman–Crippen LogP) is 3.41. The van der Waals surface area contributed by atoms with E-state index in [0.717, 1.165) is 15.6 Å². The molecule has 0 N–H and O–H groups in total. The molecule has 0 aliphatic heterocycles. The van der Waals surface area contributed by atoms with E-state index in [0.29, 0.717) is 11.9 Å². The minimum Gasteiger partial charge on any atom is -0.462 e. The highest BCUT2D eigenvalue weighted by Crippen LogP contribution is 2.28. The molecule has 0 atom stereocenters. The summed E-state index contributed by atoms with van der Waals surface area (Å²) in [7, 11) is 0. The molecule has 2 heterocycles. The van der Waals surface area contributed by atoms with Gasteiger partial charge >= 0.3 is 5.97 Å². The fraction of sp³-hybridized carbons (Fsp3) is 0.250. The van der Waals surface area contributed by atoms with Crippen LogP contribution in [0.15, 0.2) is 34.6 Å². The molecule has 1 aromatic carbocycles. The Kier molecular flexibility index (Phi) is 3.51. The van der Waals surface area contributed by atoms with Crippen LogP contribution < -0.4 is 5.43 Å². The average molecular weight is 301 g/mol. The van der Waals surface area contributed by atoms with E-state index in [9.17, 15) is 9.59 Å². The lowest BCUT2D eigenvalue weighted by molar-refractivity contribution is 0.0524. The Labute approximate surface area is 125 Å². The van der Waals surface area contributed by atoms with E-state index in [-0.39, 0.29) is 17.6 Å². The Hall–Kier alpha value is -2.14. The first-order valence-electron chi connectivity index (χ1n) is 6.87. The molecule has 0 radical (unpaired) electrons. The zero-order valence-corrected chi connectivity index (χ0v) is 12.7. The highest BCUT2D eigenvalue weighted by molar-refractivity contribution is 7.18. The number of fused-ring (bicyclic) bond motifs is 3. The molecule has 0 saturated carbocycles. The van der Waals surface area contributed by atoms with Gasteiger partial charge in [0.1, 0.15) is 5.56 Å². The second-order valence-electron chi connectivity index (χ2n) is 4.68. The molecular weight excluding hydrogens is 286 g/mol. The molecule has 0 bridgehead atoms. The van der Waals surface area contributed by atoms with Gasteiger partial charge < -0.3 is 9.30 Å². The number of carbonyl (C=O) groups excluding carboxylic acids is 1. The zero-order valence-electron chi connectivity index (χ0n) is 11.9. The van der Waals surface area contributed by atoms with Crippen LogP contribution in [0.4, 0.5) is 0 Å². The number of benzene rings is 1. The summed E-state index contributed by atoms with van der Waals surface area (Å²) in [6.07, 6.45) is 1.60. The Morgan fingerprint density at radius 3 is 2.81 bits per heavy atom. The Bertz CT molecular complexity index is 892. The van der Waals surface area contributed by atoms with Gasteiger partial charge in [0.2, 0.25) is 5.43 Å². The van der Waals surface area contributed by atoms with Gasteiger partial charge in [-0.2, -0.15) is 0 Å². The summed E-state index contributed by atoms with van der Waals surface area (Å²) in [4.78, 5) is 24.7. The minimum absolute atomic E-state index is 0.104. The summed E-state index contributed by atoms with van der Waals surface area (Å²) in [6, 6.07) is 5.92. The minimum atomic E-state index is -0.555. The smallest absolute Gasteiger partial charge is 0.343 e. The summed E-state index contributed by atoms with van der Waals surface area (Å²) < 4.78 is 7.84. The monoisotopic (exact) mass is 301 g/mol. The number of carbonyl (C=O) groups is 1. The van der Waals surface area contributed by atoms with E-state index in [2.05, 4.69) is 0 Å². The second kappa shape index (κ2) is 5.33. The summed E-state index contributed by atoms with van der Waals surface area (Å²) >= 11 is 1.52. The molecule has 0 spiro atoms. The van der Waals surface area contributed by atoms with Crippen LogP contribution in [0, 0.1) is 0 Å². The number of hydrogen-bond donors (Lipinski definition) is 0. The largest absolute Gasteiger partial charge is 0.462 e. The first kappa shape index (κ1) is 13.8. The number of ether oxygens (including phenoxy) is 1. The quantitative estimate of drug-likeness (QED) is 0.697. The summed E-state index contributed by atoms with van der Waals surface area (Å²) in [5, 5.41) is 3.58. The molecule has 0 saturated heterocycles. The number of thiophene rings is 1. The fourth-order valence-electron chi connectivity index (χ4n) is 2.52. The lowest BCUT2D eigenvalue weighted by atomic mass is 10.1. The van der Waals surface area contributed by atoms with Gasteiger partial charge in [-0.05, 0) is 36.7 Å². The number of aromatic nitrogens is 1. The van der Waals surface area contributed by atoms with Crippen molar-refractivity contribution in [2.45, 2.75) is 20.4 Å². The van der Waals surface area contributed by atoms with Gasteiger partial charge in [0.05, 0.1) is 17.5 Å². The van der Waals surface area contributed by atoms with Crippen LogP contribution in [0.5, 0.6) is 0 Å². The topological polar surface area (TPSA) is 48.3 Å². The molecule has 108 valence electrons. The maximum Gasteiger partial charge on any atom is 0.343 e. The maximum atomic E-state index is 12.7. The number of rotatable bonds is 3. The van der Waals surface area contributed by atoms with Gasteiger partial charge in [-0.25, -0.2) is 4.79 Å². The van der Waals surface area contributed by atoms with E-state index in [1.54, 1.807) is 13.1 Å². The van der Waals surface area contributed by atoms with Crippen LogP contribution in [0.3, 0.4) is 0 Å². The van der Waals surface area contributed by atoms with Crippen molar-refractivity contribution in [3.05, 3.63) is 45.6 Å². The van der Waals surface area contributed by atoms with Crippen LogP contribution in [0.25, 0.3) is 21.0 Å². The number of esters is 1. The van der Waals surface area contributed by atoms with Crippen molar-refractivity contribution >= 4 is 38.3 Å². The number of pyridine rings is 1. The van der Waals surface area contributed by atoms with Crippen LogP contribution in [-0.2, 0) is 11.3 Å². The van der Waals surface area contributed by atoms with E-state index in [4.69, 9.17) is 4.74 Å². The van der Waals surface area contributed by atoms with Gasteiger partial charge in [0, 0.05) is 17.4 Å². The molecule has 2 aromatic heterocycles. The molecular formula is C16H15NO3S. The molecule has 3 rings (SSSR count). The van der Waals surface area contributed by atoms with Gasteiger partial charge in [0.15, 0.2) is 0 Å². The lowest BCUT2D eigenvalue weighted by Crippen LogP contribution is -2.20. The highest BCUT2D eigenvalue weighted by atomic mass is 32.1. The third-order valence-corrected chi connectivity index (χ3v) is 4.45. The van der Waals surface area contributed by atoms with Crippen molar-refractivity contribution < 1.29 is 9.53 Å². The van der Waals surface area contributed by atoms with Crippen LogP contribution in [-0.4, -0.2) is 17.1 Å². The Morgan fingerprint density at radius 2 is 2.10 bits per heavy atom. The van der Waals surface area contributed by atoms with E-state index >= 15 is 0 Å². The van der Waals surface area contributed by atoms with Crippen molar-refractivity contribution in [2.75, 3.05) is 6.61 Å². The van der Waals surface area contributed by atoms with Crippen molar-refractivity contribution in [1.29, 1.82) is 0 Å². The molecule has 21 heavy (non-hydrogen) atoms. The predicted molar refractivity (Wildman–Crippen MR) is 85.2 cm³/mol. The lowest BCUT2D eigenvalue weighted by Gasteiger charge is -2.11. The van der Waals surface area contributed by atoms with Crippen LogP contribution >= 0.6 is 11.3 Å². The second-order valence-corrected chi connectivity index (χ2v) is 5.59. The van der Waals surface area contributed by atoms with Gasteiger partial charge in [0.25, 0.3) is 0 Å². The SMILES string of the molecule is CCOC(=O)c1cn(CC)c2ccc3ccsc3c2c1=O. The zero-order chi connectivity index (χ0) is 15.0. The molecule has 0 amide bonds. The molecule has 3 aromatic rings. The standard InChI is InChI=1S/C16H15NO3S/c1-3-17-9-11(16(19)20-4-2)14(18)13-12(17)6-5-10-7-8-21-15(10)13/h5-9H,3-4H2,1-2H3. The highest BCUT2D eigenvalue weighted by Gasteiger charge is 2.18. The van der Waals surface area contributed by atoms with Crippen molar-refractivity contribution in [1.82, 2.24) is 4.57 Å². The maximum absolute atomic E-state index is 12.7. The number of hydrogen-bond acceptors (Lipinski definition) is 4. The third kappa shape index (κ3) is 2.14. The average Bonchev–Trinajstić information content (AvgIpc) is 2.96. The summed E-state index contributed by atoms with van der Waals surface area (Å²) in [5.41, 5.74) is 0.707. The number of nitrogens with zero attached hydrogens (tertiary/aromatic N) is 1. The molecule has 0 aliphatic carbocycles.